The van der Waals surface area contributed by atoms with Crippen molar-refractivity contribution in [3.8, 4) is 0 Å². The lowest BCUT2D eigenvalue weighted by atomic mass is 10.2. The van der Waals surface area contributed by atoms with E-state index in [2.05, 4.69) is 60.2 Å². The molecule has 0 fully saturated rings. The van der Waals surface area contributed by atoms with Gasteiger partial charge in [0.15, 0.2) is 0 Å². The van der Waals surface area contributed by atoms with Gasteiger partial charge in [0.25, 0.3) is 0 Å². The molecule has 1 atom stereocenters. The Labute approximate surface area is 119 Å². The highest BCUT2D eigenvalue weighted by Crippen LogP contribution is 2.24. The van der Waals surface area contributed by atoms with Gasteiger partial charge in [0.2, 0.25) is 0 Å². The number of hydrogen-bond acceptors (Lipinski definition) is 4. The molecule has 0 radical (unpaired) electrons. The van der Waals surface area contributed by atoms with Crippen molar-refractivity contribution in [2.24, 2.45) is 0 Å². The molecule has 0 aliphatic carbocycles. The van der Waals surface area contributed by atoms with Crippen molar-refractivity contribution in [3.05, 3.63) is 46.2 Å². The first-order chi connectivity index (χ1) is 9.08. The van der Waals surface area contributed by atoms with E-state index in [4.69, 9.17) is 0 Å². The highest BCUT2D eigenvalue weighted by Gasteiger charge is 2.14. The Bertz CT molecular complexity index is 508. The van der Waals surface area contributed by atoms with Crippen molar-refractivity contribution in [3.63, 3.8) is 0 Å². The minimum Gasteiger partial charge on any atom is -0.293 e. The van der Waals surface area contributed by atoms with Crippen LogP contribution in [0.3, 0.4) is 0 Å². The molecule has 0 aliphatic rings. The zero-order valence-corrected chi connectivity index (χ0v) is 12.8. The molecule has 0 bridgehead atoms. The summed E-state index contributed by atoms with van der Waals surface area (Å²) in [6.45, 7) is 7.33. The molecule has 0 unspecified atom stereocenters. The molecule has 0 spiro atoms. The smallest absolute Gasteiger partial charge is 0.131 e. The summed E-state index contributed by atoms with van der Waals surface area (Å²) in [5.74, 6) is 1.30. The van der Waals surface area contributed by atoms with Gasteiger partial charge in [0.1, 0.15) is 5.82 Å². The summed E-state index contributed by atoms with van der Waals surface area (Å²) in [4.78, 5) is 12.6. The van der Waals surface area contributed by atoms with Crippen molar-refractivity contribution in [2.45, 2.75) is 39.3 Å². The maximum absolute atomic E-state index is 4.63. The normalized spacial score (nSPS) is 13.2. The molecule has 2 rings (SSSR count). The van der Waals surface area contributed by atoms with Gasteiger partial charge < -0.3 is 0 Å². The molecule has 0 N–H and O–H groups in total. The summed E-state index contributed by atoms with van der Waals surface area (Å²) >= 11 is 1.80. The van der Waals surface area contributed by atoms with Gasteiger partial charge >= 0.3 is 0 Å². The largest absolute Gasteiger partial charge is 0.293 e. The van der Waals surface area contributed by atoms with Crippen LogP contribution in [0.15, 0.2) is 29.8 Å². The van der Waals surface area contributed by atoms with Crippen molar-refractivity contribution in [2.75, 3.05) is 7.05 Å². The van der Waals surface area contributed by atoms with E-state index in [1.165, 1.54) is 4.88 Å². The summed E-state index contributed by atoms with van der Waals surface area (Å²) in [5.41, 5.74) is 1.09. The van der Waals surface area contributed by atoms with Gasteiger partial charge in [0, 0.05) is 29.6 Å². The van der Waals surface area contributed by atoms with E-state index in [0.717, 1.165) is 18.1 Å². The second kappa shape index (κ2) is 6.26. The van der Waals surface area contributed by atoms with Crippen molar-refractivity contribution >= 4 is 11.3 Å². The lowest BCUT2D eigenvalue weighted by Gasteiger charge is -2.23. The van der Waals surface area contributed by atoms with Crippen LogP contribution in [-0.2, 0) is 6.54 Å². The zero-order valence-electron chi connectivity index (χ0n) is 12.0. The van der Waals surface area contributed by atoms with Crippen LogP contribution in [0.2, 0.25) is 0 Å². The molecule has 2 aromatic heterocycles. The van der Waals surface area contributed by atoms with Crippen LogP contribution >= 0.6 is 11.3 Å². The number of rotatable bonds is 5. The third-order valence-corrected chi connectivity index (χ3v) is 4.32. The molecule has 0 amide bonds. The Morgan fingerprint density at radius 3 is 2.68 bits per heavy atom. The van der Waals surface area contributed by atoms with Crippen LogP contribution in [-0.4, -0.2) is 21.9 Å². The predicted octanol–water partition coefficient (Wildman–Crippen LogP) is 3.85. The molecule has 4 heteroatoms. The van der Waals surface area contributed by atoms with Gasteiger partial charge in [-0.05, 0) is 31.5 Å². The molecular weight excluding hydrogens is 254 g/mol. The minimum atomic E-state index is 0.375. The standard InChI is InChI=1S/C15H21N3S/c1-11(2)15-16-8-7-13(17-15)10-18(4)12(3)14-6-5-9-19-14/h5-9,11-12H,10H2,1-4H3/t12-/m0/s1. The summed E-state index contributed by atoms with van der Waals surface area (Å²) in [5, 5.41) is 2.13. The second-order valence-electron chi connectivity index (χ2n) is 5.17. The van der Waals surface area contributed by atoms with E-state index in [1.54, 1.807) is 11.3 Å². The average molecular weight is 275 g/mol. The first-order valence-electron chi connectivity index (χ1n) is 6.63. The van der Waals surface area contributed by atoms with Crippen LogP contribution in [0.1, 0.15) is 49.1 Å². The van der Waals surface area contributed by atoms with Crippen molar-refractivity contribution < 1.29 is 0 Å². The Balaban J connectivity index is 2.06. The molecule has 0 saturated carbocycles. The SMILES string of the molecule is CC(C)c1nccc(CN(C)[C@@H](C)c2cccs2)n1. The van der Waals surface area contributed by atoms with Crippen LogP contribution < -0.4 is 0 Å². The third kappa shape index (κ3) is 3.61. The van der Waals surface area contributed by atoms with E-state index in [9.17, 15) is 0 Å². The quantitative estimate of drug-likeness (QED) is 0.830. The first-order valence-corrected chi connectivity index (χ1v) is 7.51. The average Bonchev–Trinajstić information content (AvgIpc) is 2.92. The topological polar surface area (TPSA) is 29.0 Å². The lowest BCUT2D eigenvalue weighted by Crippen LogP contribution is -2.22. The zero-order chi connectivity index (χ0) is 13.8. The highest BCUT2D eigenvalue weighted by atomic mass is 32.1. The van der Waals surface area contributed by atoms with Crippen LogP contribution in [0, 0.1) is 0 Å². The predicted molar refractivity (Wildman–Crippen MR) is 80.3 cm³/mol. The molecule has 0 aromatic carbocycles. The number of hydrogen-bond donors (Lipinski definition) is 0. The van der Waals surface area contributed by atoms with Crippen molar-refractivity contribution in [1.82, 2.24) is 14.9 Å². The van der Waals surface area contributed by atoms with Gasteiger partial charge in [0.05, 0.1) is 5.69 Å². The number of aromatic nitrogens is 2. The summed E-state index contributed by atoms with van der Waals surface area (Å²) in [6.07, 6.45) is 1.86. The fraction of sp³-hybridized carbons (Fsp3) is 0.467. The van der Waals surface area contributed by atoms with E-state index in [0.29, 0.717) is 12.0 Å². The number of thiophene rings is 1. The monoisotopic (exact) mass is 275 g/mol. The van der Waals surface area contributed by atoms with E-state index < -0.39 is 0 Å². The fourth-order valence-electron chi connectivity index (χ4n) is 1.92. The molecule has 102 valence electrons. The highest BCUT2D eigenvalue weighted by molar-refractivity contribution is 7.10. The molecule has 0 saturated heterocycles. The molecule has 2 aromatic rings. The Morgan fingerprint density at radius 1 is 1.26 bits per heavy atom. The van der Waals surface area contributed by atoms with Crippen LogP contribution in [0.4, 0.5) is 0 Å². The molecule has 0 aliphatic heterocycles. The van der Waals surface area contributed by atoms with Crippen molar-refractivity contribution in [1.29, 1.82) is 0 Å². The van der Waals surface area contributed by atoms with Crippen LogP contribution in [0.5, 0.6) is 0 Å². The Morgan fingerprint density at radius 2 is 2.05 bits per heavy atom. The minimum absolute atomic E-state index is 0.375. The molecule has 19 heavy (non-hydrogen) atoms. The van der Waals surface area contributed by atoms with E-state index in [-0.39, 0.29) is 0 Å². The van der Waals surface area contributed by atoms with Gasteiger partial charge in [-0.2, -0.15) is 0 Å². The van der Waals surface area contributed by atoms with E-state index in [1.807, 2.05) is 12.3 Å². The van der Waals surface area contributed by atoms with Gasteiger partial charge in [-0.3, -0.25) is 4.90 Å². The lowest BCUT2D eigenvalue weighted by molar-refractivity contribution is 0.253. The molecule has 2 heterocycles. The first kappa shape index (κ1) is 14.2. The summed E-state index contributed by atoms with van der Waals surface area (Å²) < 4.78 is 0. The summed E-state index contributed by atoms with van der Waals surface area (Å²) in [7, 11) is 2.14. The molecular formula is C15H21N3S. The maximum atomic E-state index is 4.63. The second-order valence-corrected chi connectivity index (χ2v) is 6.15. The fourth-order valence-corrected chi connectivity index (χ4v) is 2.77. The maximum Gasteiger partial charge on any atom is 0.131 e. The Hall–Kier alpha value is -1.26. The molecule has 3 nitrogen and oxygen atoms in total. The summed E-state index contributed by atoms with van der Waals surface area (Å²) in [6, 6.07) is 6.71. The van der Waals surface area contributed by atoms with Crippen LogP contribution in [0.25, 0.3) is 0 Å². The van der Waals surface area contributed by atoms with Gasteiger partial charge in [-0.25, -0.2) is 9.97 Å². The third-order valence-electron chi connectivity index (χ3n) is 3.28. The number of nitrogens with zero attached hydrogens (tertiary/aromatic N) is 3. The van der Waals surface area contributed by atoms with E-state index >= 15 is 0 Å². The Kier molecular flexibility index (Phi) is 4.66. The van der Waals surface area contributed by atoms with Gasteiger partial charge in [-0.15, -0.1) is 11.3 Å². The van der Waals surface area contributed by atoms with Gasteiger partial charge in [-0.1, -0.05) is 19.9 Å².